The fraction of sp³-hybridized carbons (Fsp3) is 0.238. The number of nitrogens with zero attached hydrogens (tertiary/aromatic N) is 3. The molecular weight excluding hydrogens is 454 g/mol. The van der Waals surface area contributed by atoms with Crippen LogP contribution in [0.1, 0.15) is 26.3 Å². The summed E-state index contributed by atoms with van der Waals surface area (Å²) in [6, 6.07) is 11.0. The highest BCUT2D eigenvalue weighted by Gasteiger charge is 2.32. The maximum Gasteiger partial charge on any atom is 0.425 e. The third-order valence-electron chi connectivity index (χ3n) is 3.94. The molecule has 30 heavy (non-hydrogen) atoms. The average molecular weight is 474 g/mol. The molecule has 156 valence electrons. The topological polar surface area (TPSA) is 106 Å². The quantitative estimate of drug-likeness (QED) is 0.504. The summed E-state index contributed by atoms with van der Waals surface area (Å²) < 4.78 is 11.3. The maximum absolute atomic E-state index is 12.6. The second-order valence-corrected chi connectivity index (χ2v) is 8.48. The summed E-state index contributed by atoms with van der Waals surface area (Å²) >= 11 is 3.32. The first-order valence-electron chi connectivity index (χ1n) is 9.01. The van der Waals surface area contributed by atoms with Crippen molar-refractivity contribution in [2.45, 2.75) is 33.3 Å². The number of imide groups is 1. The molecule has 2 amide bonds. The van der Waals surface area contributed by atoms with Gasteiger partial charge in [-0.3, -0.25) is 0 Å². The molecule has 0 unspecified atom stereocenters. The summed E-state index contributed by atoms with van der Waals surface area (Å²) in [6.45, 7) is 6.91. The molecule has 0 aliphatic carbocycles. The molecule has 8 nitrogen and oxygen atoms in total. The predicted octanol–water partition coefficient (Wildman–Crippen LogP) is 5.89. The third-order valence-corrected chi connectivity index (χ3v) is 4.37. The Morgan fingerprint density at radius 1 is 1.17 bits per heavy atom. The first kappa shape index (κ1) is 21.5. The van der Waals surface area contributed by atoms with Crippen molar-refractivity contribution in [1.29, 1.82) is 0 Å². The molecular formula is C21H20BrN3O5. The van der Waals surface area contributed by atoms with E-state index in [1.165, 1.54) is 6.20 Å². The lowest BCUT2D eigenvalue weighted by Crippen LogP contribution is -2.41. The van der Waals surface area contributed by atoms with Gasteiger partial charge in [0.05, 0.1) is 5.56 Å². The standard InChI is InChI=1S/C21H20BrN3O5/c1-12-5-7-13(8-6-12)16-10-17(30-24-16)15-9-14(22)11-23-18(15)25(19(26)27)20(28)29-21(2,3)4/h5-11H,1-4H3,(H,26,27). The fourth-order valence-electron chi connectivity index (χ4n) is 2.62. The van der Waals surface area contributed by atoms with Crippen LogP contribution in [0.5, 0.6) is 0 Å². The Balaban J connectivity index is 2.06. The van der Waals surface area contributed by atoms with E-state index in [4.69, 9.17) is 9.26 Å². The minimum Gasteiger partial charge on any atom is -0.464 e. The fourth-order valence-corrected chi connectivity index (χ4v) is 2.95. The van der Waals surface area contributed by atoms with Gasteiger partial charge < -0.3 is 14.4 Å². The number of aromatic nitrogens is 2. The number of benzene rings is 1. The summed E-state index contributed by atoms with van der Waals surface area (Å²) in [4.78, 5) is 29.0. The van der Waals surface area contributed by atoms with Crippen LogP contribution < -0.4 is 4.90 Å². The molecule has 0 radical (unpaired) electrons. The number of halogens is 1. The zero-order valence-electron chi connectivity index (χ0n) is 16.8. The number of carbonyl (C=O) groups excluding carboxylic acids is 1. The van der Waals surface area contributed by atoms with Crippen molar-refractivity contribution in [3.63, 3.8) is 0 Å². The van der Waals surface area contributed by atoms with Crippen LogP contribution in [0.2, 0.25) is 0 Å². The van der Waals surface area contributed by atoms with E-state index in [0.29, 0.717) is 15.1 Å². The monoisotopic (exact) mass is 473 g/mol. The van der Waals surface area contributed by atoms with E-state index >= 15 is 0 Å². The molecule has 0 spiro atoms. The maximum atomic E-state index is 12.6. The first-order chi connectivity index (χ1) is 14.0. The van der Waals surface area contributed by atoms with Gasteiger partial charge in [-0.1, -0.05) is 35.0 Å². The van der Waals surface area contributed by atoms with Gasteiger partial charge in [0.25, 0.3) is 0 Å². The SMILES string of the molecule is Cc1ccc(-c2cc(-c3cc(Br)cnc3N(C(=O)O)C(=O)OC(C)(C)C)on2)cc1. The molecule has 0 aliphatic rings. The highest BCUT2D eigenvalue weighted by molar-refractivity contribution is 9.10. The van der Waals surface area contributed by atoms with E-state index in [1.54, 1.807) is 32.9 Å². The summed E-state index contributed by atoms with van der Waals surface area (Å²) in [5.41, 5.74) is 1.89. The summed E-state index contributed by atoms with van der Waals surface area (Å²) in [6.07, 6.45) is -1.21. The number of hydrogen-bond acceptors (Lipinski definition) is 6. The van der Waals surface area contributed by atoms with Gasteiger partial charge in [0.1, 0.15) is 11.3 Å². The van der Waals surface area contributed by atoms with E-state index in [2.05, 4.69) is 26.1 Å². The lowest BCUT2D eigenvalue weighted by Gasteiger charge is -2.24. The first-order valence-corrected chi connectivity index (χ1v) is 9.80. The van der Waals surface area contributed by atoms with Crippen molar-refractivity contribution in [2.75, 3.05) is 4.90 Å². The number of amides is 2. The Kier molecular flexibility index (Phi) is 5.93. The lowest BCUT2D eigenvalue weighted by molar-refractivity contribution is 0.0581. The number of anilines is 1. The van der Waals surface area contributed by atoms with Gasteiger partial charge in [0.15, 0.2) is 11.6 Å². The Morgan fingerprint density at radius 2 is 1.83 bits per heavy atom. The van der Waals surface area contributed by atoms with Gasteiger partial charge >= 0.3 is 12.2 Å². The van der Waals surface area contributed by atoms with E-state index in [-0.39, 0.29) is 17.1 Å². The van der Waals surface area contributed by atoms with Crippen LogP contribution in [0.3, 0.4) is 0 Å². The number of ether oxygens (including phenoxy) is 1. The highest BCUT2D eigenvalue weighted by atomic mass is 79.9. The Labute approximate surface area is 181 Å². The number of aryl methyl sites for hydroxylation is 1. The molecule has 3 rings (SSSR count). The molecule has 2 heterocycles. The smallest absolute Gasteiger partial charge is 0.425 e. The zero-order valence-corrected chi connectivity index (χ0v) is 18.4. The Hall–Kier alpha value is -3.20. The molecule has 3 aromatic rings. The molecule has 0 saturated heterocycles. The van der Waals surface area contributed by atoms with E-state index in [1.807, 2.05) is 31.2 Å². The van der Waals surface area contributed by atoms with E-state index in [9.17, 15) is 14.7 Å². The Morgan fingerprint density at radius 3 is 2.43 bits per heavy atom. The summed E-state index contributed by atoms with van der Waals surface area (Å²) in [5.74, 6) is 0.107. The van der Waals surface area contributed by atoms with E-state index in [0.717, 1.165) is 11.1 Å². The number of carbonyl (C=O) groups is 2. The number of carboxylic acid groups (broad SMARTS) is 1. The molecule has 2 aromatic heterocycles. The third kappa shape index (κ3) is 4.85. The zero-order chi connectivity index (χ0) is 22.1. The van der Waals surface area contributed by atoms with Crippen LogP contribution in [0.4, 0.5) is 15.4 Å². The molecule has 0 saturated carbocycles. The summed E-state index contributed by atoms with van der Waals surface area (Å²) in [5, 5.41) is 13.7. The largest absolute Gasteiger partial charge is 0.464 e. The van der Waals surface area contributed by atoms with Crippen LogP contribution in [-0.2, 0) is 4.74 Å². The molecule has 0 bridgehead atoms. The van der Waals surface area contributed by atoms with Gasteiger partial charge in [-0.15, -0.1) is 0 Å². The Bertz CT molecular complexity index is 1090. The number of rotatable bonds is 3. The van der Waals surface area contributed by atoms with Gasteiger partial charge in [0, 0.05) is 22.3 Å². The summed E-state index contributed by atoms with van der Waals surface area (Å²) in [7, 11) is 0. The van der Waals surface area contributed by atoms with Gasteiger partial charge in [-0.25, -0.2) is 14.6 Å². The molecule has 0 fully saturated rings. The lowest BCUT2D eigenvalue weighted by atomic mass is 10.1. The van der Waals surface area contributed by atoms with Crippen LogP contribution in [0.15, 0.2) is 51.6 Å². The van der Waals surface area contributed by atoms with Crippen LogP contribution >= 0.6 is 15.9 Å². The van der Waals surface area contributed by atoms with Crippen molar-refractivity contribution in [3.05, 3.63) is 52.6 Å². The molecule has 9 heteroatoms. The van der Waals surface area contributed by atoms with Gasteiger partial charge in [0.2, 0.25) is 0 Å². The van der Waals surface area contributed by atoms with Crippen LogP contribution in [-0.4, -0.2) is 33.0 Å². The molecule has 0 aliphatic heterocycles. The van der Waals surface area contributed by atoms with Crippen LogP contribution in [0, 0.1) is 6.92 Å². The van der Waals surface area contributed by atoms with Crippen molar-refractivity contribution >= 4 is 33.9 Å². The molecule has 1 aromatic carbocycles. The molecule has 0 atom stereocenters. The van der Waals surface area contributed by atoms with Gasteiger partial charge in [-0.05, 0) is 49.7 Å². The minimum atomic E-state index is -1.53. The van der Waals surface area contributed by atoms with Gasteiger partial charge in [-0.2, -0.15) is 4.90 Å². The van der Waals surface area contributed by atoms with Crippen molar-refractivity contribution in [1.82, 2.24) is 10.1 Å². The normalized spacial score (nSPS) is 11.2. The van der Waals surface area contributed by atoms with Crippen LogP contribution in [0.25, 0.3) is 22.6 Å². The second-order valence-electron chi connectivity index (χ2n) is 7.57. The predicted molar refractivity (Wildman–Crippen MR) is 114 cm³/mol. The number of hydrogen-bond donors (Lipinski definition) is 1. The average Bonchev–Trinajstić information content (AvgIpc) is 3.12. The second kappa shape index (κ2) is 8.27. The molecule has 1 N–H and O–H groups in total. The van der Waals surface area contributed by atoms with Crippen molar-refractivity contribution < 1.29 is 24.0 Å². The van der Waals surface area contributed by atoms with Crippen molar-refractivity contribution in [2.24, 2.45) is 0 Å². The van der Waals surface area contributed by atoms with Crippen molar-refractivity contribution in [3.8, 4) is 22.6 Å². The van der Waals surface area contributed by atoms with E-state index < -0.39 is 17.8 Å². The highest BCUT2D eigenvalue weighted by Crippen LogP contribution is 2.34. The number of pyridine rings is 1. The minimum absolute atomic E-state index is 0.147.